The molecular weight excluding hydrogens is 523 g/mol. The van der Waals surface area contributed by atoms with E-state index in [0.717, 1.165) is 54.8 Å². The van der Waals surface area contributed by atoms with Crippen LogP contribution in [0.3, 0.4) is 0 Å². The molecule has 198 valence electrons. The van der Waals surface area contributed by atoms with Crippen LogP contribution in [0.15, 0.2) is 60.7 Å². The van der Waals surface area contributed by atoms with E-state index < -0.39 is 0 Å². The zero-order valence-corrected chi connectivity index (χ0v) is 22.7. The Morgan fingerprint density at radius 2 is 1.79 bits per heavy atom. The van der Waals surface area contributed by atoms with Gasteiger partial charge in [-0.25, -0.2) is 4.79 Å². The maximum absolute atomic E-state index is 12.9. The number of fused-ring (bicyclic) bond motifs is 4. The third-order valence-electron chi connectivity index (χ3n) is 7.51. The molecule has 0 radical (unpaired) electrons. The molecule has 3 heterocycles. The van der Waals surface area contributed by atoms with Crippen LogP contribution in [0.2, 0.25) is 5.02 Å². The Morgan fingerprint density at radius 3 is 2.58 bits per heavy atom. The van der Waals surface area contributed by atoms with Gasteiger partial charge in [-0.2, -0.15) is 0 Å². The monoisotopic (exact) mass is 552 g/mol. The van der Waals surface area contributed by atoms with Crippen LogP contribution < -0.4 is 10.2 Å². The Hall–Kier alpha value is -3.26. The molecule has 9 heteroatoms. The summed E-state index contributed by atoms with van der Waals surface area (Å²) in [6.07, 6.45) is 1.23. The highest BCUT2D eigenvalue weighted by Crippen LogP contribution is 2.34. The van der Waals surface area contributed by atoms with E-state index in [9.17, 15) is 9.59 Å². The quantitative estimate of drug-likeness (QED) is 0.309. The van der Waals surface area contributed by atoms with Crippen molar-refractivity contribution in [3.05, 3.63) is 71.2 Å². The fourth-order valence-electron chi connectivity index (χ4n) is 5.77. The first kappa shape index (κ1) is 26.4. The SMILES string of the molecule is CCn1c2ccccc2c2cc(NC(=O)CN3CCC(N4C(=O)OCc5cc(Cl)ccc54)CC3)ccc21.Cl. The Kier molecular flexibility index (Phi) is 7.52. The molecule has 2 amide bonds. The standard InChI is InChI=1S/C29H29ClN4O3.ClH/c1-2-33-26-6-4-3-5-23(26)24-16-21(8-10-27(24)33)31-28(35)17-32-13-11-22(12-14-32)34-25-9-7-20(30)15-19(25)18-37-29(34)36;/h3-10,15-16,22H,2,11-14,17-18H2,1H3,(H,31,35);1H. The Labute approximate surface area is 232 Å². The molecule has 2 aliphatic heterocycles. The highest BCUT2D eigenvalue weighted by Gasteiger charge is 2.34. The molecule has 6 rings (SSSR count). The predicted molar refractivity (Wildman–Crippen MR) is 155 cm³/mol. The lowest BCUT2D eigenvalue weighted by molar-refractivity contribution is -0.117. The number of anilines is 2. The van der Waals surface area contributed by atoms with Crippen LogP contribution in [-0.2, 0) is 22.7 Å². The minimum atomic E-state index is -0.314. The number of piperidine rings is 1. The van der Waals surface area contributed by atoms with Gasteiger partial charge in [0.2, 0.25) is 5.91 Å². The molecule has 2 aliphatic rings. The number of hydrogen-bond acceptors (Lipinski definition) is 4. The topological polar surface area (TPSA) is 66.8 Å². The fourth-order valence-corrected chi connectivity index (χ4v) is 5.96. The number of rotatable bonds is 5. The summed E-state index contributed by atoms with van der Waals surface area (Å²) < 4.78 is 7.70. The maximum atomic E-state index is 12.9. The molecular formula is C29H30Cl2N4O3. The lowest BCUT2D eigenvalue weighted by Crippen LogP contribution is -2.50. The molecule has 0 spiro atoms. The number of amides is 2. The number of likely N-dealkylation sites (tertiary alicyclic amines) is 1. The summed E-state index contributed by atoms with van der Waals surface area (Å²) >= 11 is 6.13. The van der Waals surface area contributed by atoms with Gasteiger partial charge in [-0.3, -0.25) is 14.6 Å². The van der Waals surface area contributed by atoms with Gasteiger partial charge >= 0.3 is 6.09 Å². The summed E-state index contributed by atoms with van der Waals surface area (Å²) in [5.41, 5.74) is 4.97. The number of ether oxygens (including phenoxy) is 1. The van der Waals surface area contributed by atoms with E-state index in [-0.39, 0.29) is 37.1 Å². The van der Waals surface area contributed by atoms with Crippen LogP contribution in [0.25, 0.3) is 21.8 Å². The minimum absolute atomic E-state index is 0. The van der Waals surface area contributed by atoms with Gasteiger partial charge in [0.15, 0.2) is 0 Å². The number of aromatic nitrogens is 1. The molecule has 1 fully saturated rings. The summed E-state index contributed by atoms with van der Waals surface area (Å²) in [6, 6.07) is 20.1. The van der Waals surface area contributed by atoms with Crippen LogP contribution >= 0.6 is 24.0 Å². The lowest BCUT2D eigenvalue weighted by Gasteiger charge is -2.40. The van der Waals surface area contributed by atoms with Gasteiger partial charge in [-0.15, -0.1) is 12.4 Å². The van der Waals surface area contributed by atoms with E-state index in [1.807, 2.05) is 30.3 Å². The zero-order valence-electron chi connectivity index (χ0n) is 21.2. The summed E-state index contributed by atoms with van der Waals surface area (Å²) in [5.74, 6) is -0.0330. The van der Waals surface area contributed by atoms with E-state index in [1.165, 1.54) is 16.4 Å². The number of benzene rings is 3. The third-order valence-corrected chi connectivity index (χ3v) is 7.75. The van der Waals surface area contributed by atoms with Crippen molar-refractivity contribution >= 4 is 69.2 Å². The molecule has 0 aliphatic carbocycles. The van der Waals surface area contributed by atoms with E-state index in [2.05, 4.69) is 52.0 Å². The van der Waals surface area contributed by atoms with Gasteiger partial charge in [0.05, 0.1) is 12.2 Å². The molecule has 3 aromatic carbocycles. The third kappa shape index (κ3) is 4.82. The largest absolute Gasteiger partial charge is 0.444 e. The second-order valence-electron chi connectivity index (χ2n) is 9.75. The predicted octanol–water partition coefficient (Wildman–Crippen LogP) is 6.45. The average Bonchev–Trinajstić information content (AvgIpc) is 3.22. The van der Waals surface area contributed by atoms with Gasteiger partial charge < -0.3 is 14.6 Å². The molecule has 0 saturated carbocycles. The Balaban J connectivity index is 0.00000294. The van der Waals surface area contributed by atoms with Crippen molar-refractivity contribution in [1.82, 2.24) is 9.47 Å². The second kappa shape index (κ2) is 10.8. The average molecular weight is 553 g/mol. The Morgan fingerprint density at radius 1 is 1.03 bits per heavy atom. The second-order valence-corrected chi connectivity index (χ2v) is 10.2. The van der Waals surface area contributed by atoms with E-state index in [1.54, 1.807) is 4.90 Å². The van der Waals surface area contributed by atoms with Crippen LogP contribution in [0, 0.1) is 0 Å². The van der Waals surface area contributed by atoms with Crippen molar-refractivity contribution in [3.63, 3.8) is 0 Å². The molecule has 0 atom stereocenters. The number of carbonyl (C=O) groups excluding carboxylic acids is 2. The highest BCUT2D eigenvalue weighted by atomic mass is 35.5. The van der Waals surface area contributed by atoms with Gasteiger partial charge in [0, 0.05) is 63.8 Å². The first-order valence-corrected chi connectivity index (χ1v) is 13.2. The fraction of sp³-hybridized carbons (Fsp3) is 0.310. The summed E-state index contributed by atoms with van der Waals surface area (Å²) in [7, 11) is 0. The number of nitrogens with one attached hydrogen (secondary N) is 1. The first-order chi connectivity index (χ1) is 18.0. The van der Waals surface area contributed by atoms with Crippen molar-refractivity contribution in [2.24, 2.45) is 0 Å². The number of carbonyl (C=O) groups is 2. The molecule has 1 N–H and O–H groups in total. The summed E-state index contributed by atoms with van der Waals surface area (Å²) in [5, 5.41) is 6.06. The van der Waals surface area contributed by atoms with Crippen molar-refractivity contribution in [2.45, 2.75) is 39.0 Å². The van der Waals surface area contributed by atoms with Crippen molar-refractivity contribution in [1.29, 1.82) is 0 Å². The van der Waals surface area contributed by atoms with Crippen LogP contribution in [0.5, 0.6) is 0 Å². The maximum Gasteiger partial charge on any atom is 0.414 e. The Bertz CT molecular complexity index is 1510. The molecule has 38 heavy (non-hydrogen) atoms. The van der Waals surface area contributed by atoms with E-state index in [4.69, 9.17) is 16.3 Å². The smallest absolute Gasteiger partial charge is 0.414 e. The number of hydrogen-bond donors (Lipinski definition) is 1. The summed E-state index contributed by atoms with van der Waals surface area (Å²) in [4.78, 5) is 29.4. The molecule has 4 aromatic rings. The van der Waals surface area contributed by atoms with Gasteiger partial charge in [-0.1, -0.05) is 29.8 Å². The van der Waals surface area contributed by atoms with Crippen LogP contribution in [-0.4, -0.2) is 47.1 Å². The summed E-state index contributed by atoms with van der Waals surface area (Å²) in [6.45, 7) is 5.06. The number of cyclic esters (lactones) is 1. The van der Waals surface area contributed by atoms with Crippen molar-refractivity contribution in [2.75, 3.05) is 29.9 Å². The minimum Gasteiger partial charge on any atom is -0.444 e. The molecule has 1 saturated heterocycles. The number of aryl methyl sites for hydroxylation is 1. The molecule has 0 unspecified atom stereocenters. The van der Waals surface area contributed by atoms with Gasteiger partial charge in [-0.05, 0) is 62.2 Å². The van der Waals surface area contributed by atoms with Crippen molar-refractivity contribution < 1.29 is 14.3 Å². The molecule has 7 nitrogen and oxygen atoms in total. The molecule has 0 bridgehead atoms. The number of halogens is 2. The normalized spacial score (nSPS) is 16.3. The number of nitrogens with zero attached hydrogens (tertiary/aromatic N) is 3. The van der Waals surface area contributed by atoms with Gasteiger partial charge in [0.25, 0.3) is 0 Å². The van der Waals surface area contributed by atoms with E-state index in [0.29, 0.717) is 11.6 Å². The van der Waals surface area contributed by atoms with Crippen molar-refractivity contribution in [3.8, 4) is 0 Å². The number of para-hydroxylation sites is 1. The first-order valence-electron chi connectivity index (χ1n) is 12.8. The van der Waals surface area contributed by atoms with Crippen LogP contribution in [0.4, 0.5) is 16.2 Å². The van der Waals surface area contributed by atoms with Crippen LogP contribution in [0.1, 0.15) is 25.3 Å². The van der Waals surface area contributed by atoms with Gasteiger partial charge in [0.1, 0.15) is 6.61 Å². The molecule has 1 aromatic heterocycles. The highest BCUT2D eigenvalue weighted by molar-refractivity contribution is 6.30. The van der Waals surface area contributed by atoms with E-state index >= 15 is 0 Å². The lowest BCUT2D eigenvalue weighted by atomic mass is 10.0. The zero-order chi connectivity index (χ0) is 25.5.